The molecule has 12 nitrogen and oxygen atoms in total. The molecule has 1 aliphatic heterocycles. The summed E-state index contributed by atoms with van der Waals surface area (Å²) in [4.78, 5) is 27.6. The highest BCUT2D eigenvalue weighted by Crippen LogP contribution is 2.34. The molecule has 53 heavy (non-hydrogen) atoms. The number of benzene rings is 4. The summed E-state index contributed by atoms with van der Waals surface area (Å²) in [5.74, 6) is 1.75. The summed E-state index contributed by atoms with van der Waals surface area (Å²) < 4.78 is 18.8. The first kappa shape index (κ1) is 37.1. The van der Waals surface area contributed by atoms with Crippen LogP contribution in [-0.2, 0) is 20.4 Å². The Hall–Kier alpha value is -5.69. The maximum atomic E-state index is 14.1. The number of carbonyl (C=O) groups excluding carboxylic acids is 2. The highest BCUT2D eigenvalue weighted by Gasteiger charge is 2.40. The number of hydrogen-bond donors (Lipinski definition) is 1. The van der Waals surface area contributed by atoms with E-state index in [1.165, 1.54) is 15.3 Å². The van der Waals surface area contributed by atoms with E-state index in [0.29, 0.717) is 39.5 Å². The Morgan fingerprint density at radius 3 is 1.81 bits per heavy atom. The number of amides is 2. The Balaban J connectivity index is 1.23. The fraction of sp³-hybridized carbons (Fsp3) is 0.300. The van der Waals surface area contributed by atoms with Crippen LogP contribution in [0.3, 0.4) is 0 Å². The van der Waals surface area contributed by atoms with Gasteiger partial charge >= 0.3 is 0 Å². The largest absolute Gasteiger partial charge is 0.497 e. The van der Waals surface area contributed by atoms with Crippen molar-refractivity contribution in [3.8, 4) is 28.7 Å². The van der Waals surface area contributed by atoms with Gasteiger partial charge in [0.1, 0.15) is 23.0 Å². The molecule has 0 bridgehead atoms. The van der Waals surface area contributed by atoms with Gasteiger partial charge in [0, 0.05) is 0 Å². The first-order valence-electron chi connectivity index (χ1n) is 17.2. The standard InChI is InChI=1S/C40H43N7O5S/c1-25(51-31-17-9-26(10-18-31)39(2,3)4)36(48)41-35-34(53-38-42-44-45-47(38)29-13-21-30(50-8)22-14-29)37(49)46(43-35)28-15-23-33(24-16-28)52-32-19-11-27(12-20-32)40(5,6)7/h9-25,34H,1-8H3,(H,41,43,48). The molecule has 1 N–H and O–H groups in total. The molecule has 0 radical (unpaired) electrons. The van der Waals surface area contributed by atoms with Gasteiger partial charge in [0.25, 0.3) is 11.8 Å². The summed E-state index contributed by atoms with van der Waals surface area (Å²) in [7, 11) is 1.58. The summed E-state index contributed by atoms with van der Waals surface area (Å²) >= 11 is 1.07. The average Bonchev–Trinajstić information content (AvgIpc) is 3.72. The van der Waals surface area contributed by atoms with Crippen LogP contribution >= 0.6 is 11.8 Å². The van der Waals surface area contributed by atoms with E-state index in [0.717, 1.165) is 17.3 Å². The van der Waals surface area contributed by atoms with Gasteiger partial charge in [0.05, 0.1) is 18.5 Å². The lowest BCUT2D eigenvalue weighted by molar-refractivity contribution is -0.125. The monoisotopic (exact) mass is 733 g/mol. The van der Waals surface area contributed by atoms with Crippen molar-refractivity contribution >= 4 is 35.1 Å². The number of nitrogens with zero attached hydrogens (tertiary/aromatic N) is 6. The Morgan fingerprint density at radius 1 is 0.755 bits per heavy atom. The number of nitrogens with one attached hydrogen (secondary N) is 1. The van der Waals surface area contributed by atoms with E-state index in [2.05, 4.69) is 79.6 Å². The fourth-order valence-corrected chi connectivity index (χ4v) is 6.35. The van der Waals surface area contributed by atoms with Crippen LogP contribution in [0.15, 0.2) is 107 Å². The molecule has 2 atom stereocenters. The van der Waals surface area contributed by atoms with Crippen molar-refractivity contribution in [2.75, 3.05) is 12.1 Å². The molecule has 2 heterocycles. The maximum Gasteiger partial charge on any atom is 0.268 e. The van der Waals surface area contributed by atoms with Crippen molar-refractivity contribution < 1.29 is 23.8 Å². The topological polar surface area (TPSA) is 133 Å². The lowest BCUT2D eigenvalue weighted by atomic mass is 9.87. The first-order chi connectivity index (χ1) is 25.2. The predicted molar refractivity (Wildman–Crippen MR) is 205 cm³/mol. The van der Waals surface area contributed by atoms with E-state index < -0.39 is 23.2 Å². The normalized spacial score (nSPS) is 15.2. The zero-order valence-electron chi connectivity index (χ0n) is 31.0. The van der Waals surface area contributed by atoms with Crippen molar-refractivity contribution in [3.63, 3.8) is 0 Å². The Morgan fingerprint density at radius 2 is 1.26 bits per heavy atom. The van der Waals surface area contributed by atoms with Crippen LogP contribution in [0.2, 0.25) is 0 Å². The van der Waals surface area contributed by atoms with Crippen molar-refractivity contribution in [2.45, 2.75) is 75.8 Å². The lowest BCUT2D eigenvalue weighted by Gasteiger charge is -2.20. The first-order valence-corrected chi connectivity index (χ1v) is 18.1. The second-order valence-electron chi connectivity index (χ2n) is 14.6. The predicted octanol–water partition coefficient (Wildman–Crippen LogP) is 7.46. The van der Waals surface area contributed by atoms with Crippen LogP contribution in [0.4, 0.5) is 5.69 Å². The Kier molecular flexibility index (Phi) is 10.6. The molecule has 0 fully saturated rings. The molecule has 4 aromatic carbocycles. The van der Waals surface area contributed by atoms with Gasteiger partial charge in [0.15, 0.2) is 17.2 Å². The van der Waals surface area contributed by atoms with E-state index in [1.807, 2.05) is 36.4 Å². The molecule has 0 saturated carbocycles. The fourth-order valence-electron chi connectivity index (χ4n) is 5.40. The number of rotatable bonds is 10. The van der Waals surface area contributed by atoms with Crippen LogP contribution < -0.4 is 24.5 Å². The summed E-state index contributed by atoms with van der Waals surface area (Å²) in [5.41, 5.74) is 3.50. The van der Waals surface area contributed by atoms with Crippen molar-refractivity contribution in [3.05, 3.63) is 108 Å². The highest BCUT2D eigenvalue weighted by atomic mass is 32.2. The van der Waals surface area contributed by atoms with Crippen LogP contribution in [-0.4, -0.2) is 56.3 Å². The smallest absolute Gasteiger partial charge is 0.268 e. The zero-order chi connectivity index (χ0) is 37.9. The second-order valence-corrected chi connectivity index (χ2v) is 15.7. The quantitative estimate of drug-likeness (QED) is 0.155. The summed E-state index contributed by atoms with van der Waals surface area (Å²) in [6, 6.07) is 29.8. The van der Waals surface area contributed by atoms with Crippen molar-refractivity contribution in [2.24, 2.45) is 5.10 Å². The SMILES string of the molecule is COc1ccc(-n2nnnc2SC2C(=O)N(c3ccc(Oc4ccc(C(C)(C)C)cc4)cc3)N=C2NC(=O)C(C)Oc2ccc(C(C)(C)C)cc2)cc1. The van der Waals surface area contributed by atoms with Crippen LogP contribution in [0.25, 0.3) is 5.69 Å². The molecule has 2 amide bonds. The number of amidine groups is 1. The van der Waals surface area contributed by atoms with Crippen LogP contribution in [0.5, 0.6) is 23.0 Å². The number of anilines is 1. The van der Waals surface area contributed by atoms with Gasteiger partial charge < -0.3 is 19.5 Å². The number of methoxy groups -OCH3 is 1. The number of ether oxygens (including phenoxy) is 3. The molecular formula is C40H43N7O5S. The van der Waals surface area contributed by atoms with E-state index in [4.69, 9.17) is 14.2 Å². The molecular weight excluding hydrogens is 691 g/mol. The van der Waals surface area contributed by atoms with Crippen molar-refractivity contribution in [1.29, 1.82) is 0 Å². The second kappa shape index (κ2) is 15.1. The van der Waals surface area contributed by atoms with Gasteiger partial charge in [0.2, 0.25) is 5.16 Å². The molecule has 0 saturated heterocycles. The third-order valence-corrected chi connectivity index (χ3v) is 9.69. The van der Waals surface area contributed by atoms with E-state index in [1.54, 1.807) is 62.6 Å². The van der Waals surface area contributed by atoms with E-state index >= 15 is 0 Å². The minimum Gasteiger partial charge on any atom is -0.497 e. The summed E-state index contributed by atoms with van der Waals surface area (Å²) in [6.07, 6.45) is -0.897. The van der Waals surface area contributed by atoms with E-state index in [-0.39, 0.29) is 16.7 Å². The molecule has 2 unspecified atom stereocenters. The summed E-state index contributed by atoms with van der Waals surface area (Å²) in [6.45, 7) is 14.5. The van der Waals surface area contributed by atoms with Crippen LogP contribution in [0.1, 0.15) is 59.6 Å². The van der Waals surface area contributed by atoms with Gasteiger partial charge in [-0.25, -0.2) is 0 Å². The molecule has 274 valence electrons. The molecule has 6 rings (SSSR count). The molecule has 0 spiro atoms. The molecule has 1 aliphatic rings. The van der Waals surface area contributed by atoms with Gasteiger partial charge in [-0.1, -0.05) is 77.6 Å². The van der Waals surface area contributed by atoms with Crippen molar-refractivity contribution in [1.82, 2.24) is 25.5 Å². The Labute approximate surface area is 313 Å². The molecule has 5 aromatic rings. The zero-order valence-corrected chi connectivity index (χ0v) is 31.8. The molecule has 0 aliphatic carbocycles. The Bertz CT molecular complexity index is 2080. The third-order valence-electron chi connectivity index (χ3n) is 8.56. The van der Waals surface area contributed by atoms with Gasteiger partial charge in [-0.2, -0.15) is 9.69 Å². The van der Waals surface area contributed by atoms with E-state index in [9.17, 15) is 9.59 Å². The summed E-state index contributed by atoms with van der Waals surface area (Å²) in [5, 5.41) is 20.2. The minimum absolute atomic E-state index is 0.0218. The third kappa shape index (κ3) is 8.69. The number of tetrazole rings is 1. The number of hydrogen-bond acceptors (Lipinski definition) is 10. The number of thioether (sulfide) groups is 1. The highest BCUT2D eigenvalue weighted by molar-refractivity contribution is 8.01. The average molecular weight is 734 g/mol. The number of carbonyl (C=O) groups is 2. The molecule has 13 heteroatoms. The lowest BCUT2D eigenvalue weighted by Crippen LogP contribution is -2.44. The van der Waals surface area contributed by atoms with Crippen LogP contribution in [0, 0.1) is 0 Å². The van der Waals surface area contributed by atoms with Gasteiger partial charge in [-0.3, -0.25) is 9.59 Å². The number of hydrazone groups is 1. The minimum atomic E-state index is -0.988. The van der Waals surface area contributed by atoms with Gasteiger partial charge in [-0.15, -0.1) is 10.2 Å². The number of aromatic nitrogens is 4. The van der Waals surface area contributed by atoms with Gasteiger partial charge in [-0.05, 0) is 112 Å². The maximum absolute atomic E-state index is 14.1. The molecule has 1 aromatic heterocycles.